The molecule has 0 bridgehead atoms. The summed E-state index contributed by atoms with van der Waals surface area (Å²) in [6.45, 7) is 1.48. The van der Waals surface area contributed by atoms with Crippen LogP contribution < -0.4 is 10.0 Å². The van der Waals surface area contributed by atoms with E-state index >= 15 is 0 Å². The maximum Gasteiger partial charge on any atom is 0.208 e. The molecular formula is C11H15ClN4O2S. The van der Waals surface area contributed by atoms with Crippen molar-refractivity contribution >= 4 is 27.3 Å². The van der Waals surface area contributed by atoms with Crippen molar-refractivity contribution in [1.29, 1.82) is 0 Å². The van der Waals surface area contributed by atoms with Crippen LogP contribution in [0.5, 0.6) is 0 Å². The molecule has 0 saturated carbocycles. The van der Waals surface area contributed by atoms with Crippen LogP contribution >= 0.6 is 11.6 Å². The van der Waals surface area contributed by atoms with Crippen molar-refractivity contribution in [3.05, 3.63) is 35.2 Å². The summed E-state index contributed by atoms with van der Waals surface area (Å²) >= 11 is 5.89. The average molecular weight is 303 g/mol. The molecule has 0 saturated heterocycles. The molecule has 2 aromatic rings. The zero-order valence-corrected chi connectivity index (χ0v) is 12.0. The number of pyridine rings is 1. The maximum absolute atomic E-state index is 10.8. The second-order valence-electron chi connectivity index (χ2n) is 4.19. The molecule has 19 heavy (non-hydrogen) atoms. The molecular weight excluding hydrogens is 288 g/mol. The predicted molar refractivity (Wildman–Crippen MR) is 74.8 cm³/mol. The molecule has 6 nitrogen and oxygen atoms in total. The Hall–Kier alpha value is -1.15. The monoisotopic (exact) mass is 302 g/mol. The highest BCUT2D eigenvalue weighted by molar-refractivity contribution is 7.88. The Labute approximate surface area is 116 Å². The van der Waals surface area contributed by atoms with Crippen LogP contribution in [0.1, 0.15) is 5.69 Å². The van der Waals surface area contributed by atoms with E-state index in [1.165, 1.54) is 0 Å². The second kappa shape index (κ2) is 5.87. The Kier molecular flexibility index (Phi) is 4.41. The molecule has 0 radical (unpaired) electrons. The van der Waals surface area contributed by atoms with Gasteiger partial charge in [0.15, 0.2) is 0 Å². The number of halogens is 1. The van der Waals surface area contributed by atoms with Gasteiger partial charge in [0, 0.05) is 32.0 Å². The lowest BCUT2D eigenvalue weighted by molar-refractivity contribution is 0.581. The molecule has 8 heteroatoms. The van der Waals surface area contributed by atoms with Gasteiger partial charge in [-0.05, 0) is 12.1 Å². The lowest BCUT2D eigenvalue weighted by Gasteiger charge is -2.03. The molecule has 0 aliphatic heterocycles. The highest BCUT2D eigenvalue weighted by Crippen LogP contribution is 2.11. The van der Waals surface area contributed by atoms with Gasteiger partial charge in [0.1, 0.15) is 5.65 Å². The molecule has 0 amide bonds. The Morgan fingerprint density at radius 3 is 2.84 bits per heavy atom. The number of hydrogen-bond donors (Lipinski definition) is 2. The standard InChI is InChI=1S/C11H15ClN4O2S/c1-19(17,18)14-5-4-13-6-10-8-16-7-9(12)2-3-11(16)15-10/h2-3,7-8,13-14H,4-6H2,1H3. The first-order valence-electron chi connectivity index (χ1n) is 5.72. The van der Waals surface area contributed by atoms with Gasteiger partial charge in [0.2, 0.25) is 10.0 Å². The van der Waals surface area contributed by atoms with Crippen molar-refractivity contribution in [2.24, 2.45) is 0 Å². The minimum absolute atomic E-state index is 0.359. The van der Waals surface area contributed by atoms with Gasteiger partial charge in [-0.1, -0.05) is 11.6 Å². The average Bonchev–Trinajstić information content (AvgIpc) is 2.68. The number of nitrogens with one attached hydrogen (secondary N) is 2. The summed E-state index contributed by atoms with van der Waals surface area (Å²) in [5.41, 5.74) is 1.71. The van der Waals surface area contributed by atoms with Crippen LogP contribution in [0.15, 0.2) is 24.5 Å². The fraction of sp³-hybridized carbons (Fsp3) is 0.364. The predicted octanol–water partition coefficient (Wildman–Crippen LogP) is 0.626. The topological polar surface area (TPSA) is 75.5 Å². The lowest BCUT2D eigenvalue weighted by Crippen LogP contribution is -2.30. The molecule has 2 N–H and O–H groups in total. The number of imidazole rings is 1. The van der Waals surface area contributed by atoms with Gasteiger partial charge in [0.25, 0.3) is 0 Å². The van der Waals surface area contributed by atoms with Gasteiger partial charge in [0.05, 0.1) is 17.0 Å². The molecule has 0 aliphatic carbocycles. The minimum Gasteiger partial charge on any atom is -0.310 e. The van der Waals surface area contributed by atoms with E-state index in [2.05, 4.69) is 15.0 Å². The summed E-state index contributed by atoms with van der Waals surface area (Å²) in [7, 11) is -3.12. The van der Waals surface area contributed by atoms with Crippen LogP contribution in [0.4, 0.5) is 0 Å². The van der Waals surface area contributed by atoms with Crippen LogP contribution in [0.2, 0.25) is 5.02 Å². The fourth-order valence-electron chi connectivity index (χ4n) is 1.64. The third-order valence-corrected chi connectivity index (χ3v) is 3.39. The summed E-state index contributed by atoms with van der Waals surface area (Å²) in [6, 6.07) is 3.63. The molecule has 2 heterocycles. The first kappa shape index (κ1) is 14.3. The third kappa shape index (κ3) is 4.46. The largest absolute Gasteiger partial charge is 0.310 e. The molecule has 2 rings (SSSR count). The molecule has 0 aliphatic rings. The Balaban J connectivity index is 1.85. The number of hydrogen-bond acceptors (Lipinski definition) is 4. The van der Waals surface area contributed by atoms with Crippen LogP contribution in [-0.2, 0) is 16.6 Å². The van der Waals surface area contributed by atoms with Crippen LogP contribution in [0.3, 0.4) is 0 Å². The Morgan fingerprint density at radius 1 is 1.32 bits per heavy atom. The van der Waals surface area contributed by atoms with E-state index in [-0.39, 0.29) is 0 Å². The van der Waals surface area contributed by atoms with E-state index in [1.807, 2.05) is 16.7 Å². The van der Waals surface area contributed by atoms with Crippen LogP contribution in [0, 0.1) is 0 Å². The van der Waals surface area contributed by atoms with Crippen molar-refractivity contribution < 1.29 is 8.42 Å². The van der Waals surface area contributed by atoms with Crippen molar-refractivity contribution in [2.75, 3.05) is 19.3 Å². The van der Waals surface area contributed by atoms with E-state index in [0.717, 1.165) is 17.6 Å². The molecule has 0 spiro atoms. The van der Waals surface area contributed by atoms with Gasteiger partial charge in [-0.25, -0.2) is 18.1 Å². The summed E-state index contributed by atoms with van der Waals surface area (Å²) in [6.07, 6.45) is 4.82. The van der Waals surface area contributed by atoms with Crippen molar-refractivity contribution in [2.45, 2.75) is 6.54 Å². The number of nitrogens with zero attached hydrogens (tertiary/aromatic N) is 2. The van der Waals surface area contributed by atoms with E-state index < -0.39 is 10.0 Å². The highest BCUT2D eigenvalue weighted by atomic mass is 35.5. The maximum atomic E-state index is 10.8. The number of rotatable bonds is 6. The Morgan fingerprint density at radius 2 is 2.11 bits per heavy atom. The number of fused-ring (bicyclic) bond motifs is 1. The fourth-order valence-corrected chi connectivity index (χ4v) is 2.28. The molecule has 0 fully saturated rings. The summed E-state index contributed by atoms with van der Waals surface area (Å²) in [4.78, 5) is 4.40. The van der Waals surface area contributed by atoms with Gasteiger partial charge in [-0.2, -0.15) is 0 Å². The molecule has 0 aromatic carbocycles. The smallest absolute Gasteiger partial charge is 0.208 e. The van der Waals surface area contributed by atoms with Gasteiger partial charge >= 0.3 is 0 Å². The van der Waals surface area contributed by atoms with Crippen molar-refractivity contribution in [3.63, 3.8) is 0 Å². The van der Waals surface area contributed by atoms with E-state index in [4.69, 9.17) is 11.6 Å². The molecule has 0 atom stereocenters. The zero-order valence-electron chi connectivity index (χ0n) is 10.4. The van der Waals surface area contributed by atoms with Crippen LogP contribution in [-0.4, -0.2) is 37.1 Å². The summed E-state index contributed by atoms with van der Waals surface area (Å²) in [5, 5.41) is 3.77. The lowest BCUT2D eigenvalue weighted by atomic mass is 10.4. The first-order valence-corrected chi connectivity index (χ1v) is 7.99. The van der Waals surface area contributed by atoms with Crippen LogP contribution in [0.25, 0.3) is 5.65 Å². The molecule has 0 unspecified atom stereocenters. The quantitative estimate of drug-likeness (QED) is 0.767. The highest BCUT2D eigenvalue weighted by Gasteiger charge is 2.02. The van der Waals surface area contributed by atoms with Gasteiger partial charge in [-0.3, -0.25) is 0 Å². The zero-order chi connectivity index (χ0) is 13.9. The van der Waals surface area contributed by atoms with Gasteiger partial charge < -0.3 is 9.72 Å². The molecule has 2 aromatic heterocycles. The minimum atomic E-state index is -3.12. The Bertz CT molecular complexity index is 668. The normalized spacial score (nSPS) is 12.1. The van der Waals surface area contributed by atoms with Crippen molar-refractivity contribution in [1.82, 2.24) is 19.4 Å². The summed E-state index contributed by atoms with van der Waals surface area (Å²) < 4.78 is 26.0. The number of sulfonamides is 1. The van der Waals surface area contributed by atoms with Crippen molar-refractivity contribution in [3.8, 4) is 0 Å². The first-order chi connectivity index (χ1) is 8.94. The SMILES string of the molecule is CS(=O)(=O)NCCNCc1cn2cc(Cl)ccc2n1. The van der Waals surface area contributed by atoms with Gasteiger partial charge in [-0.15, -0.1) is 0 Å². The van der Waals surface area contributed by atoms with E-state index in [9.17, 15) is 8.42 Å². The molecule has 104 valence electrons. The summed E-state index contributed by atoms with van der Waals surface area (Å²) in [5.74, 6) is 0. The van der Waals surface area contributed by atoms with E-state index in [1.54, 1.807) is 12.3 Å². The second-order valence-corrected chi connectivity index (χ2v) is 6.46. The van der Waals surface area contributed by atoms with E-state index in [0.29, 0.717) is 24.7 Å². The third-order valence-electron chi connectivity index (χ3n) is 2.44. The number of aromatic nitrogens is 2.